The van der Waals surface area contributed by atoms with E-state index in [-0.39, 0.29) is 34.9 Å². The lowest BCUT2D eigenvalue weighted by molar-refractivity contribution is -0.246. The molecule has 0 bridgehead atoms. The maximum Gasteiger partial charge on any atom is 0.303 e. The molecule has 5 unspecified atom stereocenters. The van der Waals surface area contributed by atoms with Crippen LogP contribution in [0.15, 0.2) is 4.99 Å². The van der Waals surface area contributed by atoms with E-state index < -0.39 is 29.5 Å². The van der Waals surface area contributed by atoms with Gasteiger partial charge in [0.15, 0.2) is 18.1 Å². The Kier molecular flexibility index (Phi) is 5.78. The number of fused-ring (bicyclic) bond motifs is 4. The quantitative estimate of drug-likeness (QED) is 0.434. The van der Waals surface area contributed by atoms with Crippen molar-refractivity contribution in [3.8, 4) is 0 Å². The summed E-state index contributed by atoms with van der Waals surface area (Å²) in [5.41, 5.74) is -1.50. The molecule has 2 aliphatic heterocycles. The van der Waals surface area contributed by atoms with Crippen LogP contribution in [0.3, 0.4) is 0 Å². The van der Waals surface area contributed by atoms with Crippen molar-refractivity contribution < 1.29 is 29.2 Å². The highest BCUT2D eigenvalue weighted by molar-refractivity contribution is 5.76. The predicted octanol–water partition coefficient (Wildman–Crippen LogP) is 5.50. The first-order chi connectivity index (χ1) is 19.0. The van der Waals surface area contributed by atoms with Crippen LogP contribution in [0, 0.1) is 57.2 Å². The molecular weight excluding hydrogens is 518 g/mol. The minimum atomic E-state index is -1.25. The van der Waals surface area contributed by atoms with Crippen molar-refractivity contribution >= 4 is 11.9 Å². The van der Waals surface area contributed by atoms with Crippen molar-refractivity contribution in [1.29, 1.82) is 0 Å². The van der Waals surface area contributed by atoms with Crippen LogP contribution in [0.2, 0.25) is 0 Å². The summed E-state index contributed by atoms with van der Waals surface area (Å²) >= 11 is 0. The van der Waals surface area contributed by atoms with Crippen LogP contribution in [-0.2, 0) is 19.0 Å². The number of hydrogen-bond acceptors (Lipinski definition) is 7. The molecule has 5 saturated carbocycles. The Hall–Kier alpha value is -1.18. The molecule has 2 N–H and O–H groups in total. The fourth-order valence-corrected chi connectivity index (χ4v) is 13.5. The first kappa shape index (κ1) is 28.6. The van der Waals surface area contributed by atoms with Crippen LogP contribution in [0.25, 0.3) is 0 Å². The Labute approximate surface area is 246 Å². The highest BCUT2D eigenvalue weighted by Gasteiger charge is 2.87. The first-order valence-electron chi connectivity index (χ1n) is 16.5. The van der Waals surface area contributed by atoms with Crippen LogP contribution >= 0.6 is 0 Å². The monoisotopic (exact) mass is 571 g/mol. The molecule has 2 heterocycles. The molecule has 3 spiro atoms. The fraction of sp³-hybridized carbons (Fsp3) is 0.941. The first-order valence-corrected chi connectivity index (χ1v) is 16.5. The van der Waals surface area contributed by atoms with Crippen LogP contribution in [0.1, 0.15) is 107 Å². The number of nitrogens with zero attached hydrogens (tertiary/aromatic N) is 1. The van der Waals surface area contributed by atoms with E-state index in [4.69, 9.17) is 19.2 Å². The van der Waals surface area contributed by atoms with Crippen LogP contribution in [0.4, 0.5) is 0 Å². The van der Waals surface area contributed by atoms with Crippen molar-refractivity contribution in [3.05, 3.63) is 0 Å². The zero-order valence-electron chi connectivity index (χ0n) is 26.7. The van der Waals surface area contributed by atoms with Gasteiger partial charge in [0.05, 0.1) is 11.7 Å². The van der Waals surface area contributed by atoms with Crippen molar-refractivity contribution in [3.63, 3.8) is 0 Å². The fourth-order valence-electron chi connectivity index (χ4n) is 13.5. The zero-order valence-corrected chi connectivity index (χ0v) is 26.7. The normalized spacial score (nSPS) is 55.1. The number of ether oxygens (including phenoxy) is 3. The molecule has 5 aliphatic carbocycles. The van der Waals surface area contributed by atoms with Gasteiger partial charge in [0.25, 0.3) is 0 Å². The van der Waals surface area contributed by atoms with Crippen molar-refractivity contribution in [2.24, 2.45) is 62.2 Å². The lowest BCUT2D eigenvalue weighted by Crippen LogP contribution is -2.59. The Morgan fingerprint density at radius 2 is 1.80 bits per heavy atom. The second-order valence-electron chi connectivity index (χ2n) is 16.9. The van der Waals surface area contributed by atoms with E-state index in [0.717, 1.165) is 19.3 Å². The number of aliphatic imine (C=N–C) groups is 1. The van der Waals surface area contributed by atoms with E-state index in [0.29, 0.717) is 46.8 Å². The van der Waals surface area contributed by atoms with E-state index in [9.17, 15) is 15.0 Å². The summed E-state index contributed by atoms with van der Waals surface area (Å²) in [6, 6.07) is 0. The summed E-state index contributed by atoms with van der Waals surface area (Å²) in [6.45, 7) is 18.7. The third-order valence-corrected chi connectivity index (χ3v) is 14.6. The maximum absolute atomic E-state index is 12.1. The van der Waals surface area contributed by atoms with E-state index in [2.05, 4.69) is 34.6 Å². The lowest BCUT2D eigenvalue weighted by atomic mass is 9.45. The Bertz CT molecular complexity index is 1180. The smallest absolute Gasteiger partial charge is 0.303 e. The number of carbonyl (C=O) groups is 1. The van der Waals surface area contributed by atoms with Gasteiger partial charge in [0.2, 0.25) is 5.72 Å². The minimum absolute atomic E-state index is 0.0286. The number of hydrogen-bond donors (Lipinski definition) is 2. The van der Waals surface area contributed by atoms with E-state index in [1.54, 1.807) is 13.8 Å². The molecule has 6 fully saturated rings. The SMILES string of the molecule is CC(=O)O[C@@H]([C@H]1C[C@@H](C)[C@H]2C3(N=C(C)OC3C3[C@@H]4CCC5C(C)(C)[C@@H](O)CCC56[C@@H](C)[C@@]46CC[C@@]32C)O1)C(C)(C)O. The molecule has 7 heteroatoms. The van der Waals surface area contributed by atoms with Gasteiger partial charge in [0, 0.05) is 25.7 Å². The highest BCUT2D eigenvalue weighted by Crippen LogP contribution is 2.90. The molecule has 41 heavy (non-hydrogen) atoms. The molecule has 0 aromatic rings. The van der Waals surface area contributed by atoms with Gasteiger partial charge >= 0.3 is 5.97 Å². The largest absolute Gasteiger partial charge is 0.472 e. The molecule has 7 nitrogen and oxygen atoms in total. The molecule has 7 rings (SSSR count). The Balaban J connectivity index is 1.30. The molecule has 7 aliphatic rings. The zero-order chi connectivity index (χ0) is 29.7. The van der Waals surface area contributed by atoms with Gasteiger partial charge in [-0.2, -0.15) is 0 Å². The summed E-state index contributed by atoms with van der Waals surface area (Å²) in [6.07, 6.45) is 5.86. The third-order valence-electron chi connectivity index (χ3n) is 14.6. The van der Waals surface area contributed by atoms with E-state index in [1.165, 1.54) is 26.2 Å². The number of carbonyl (C=O) groups excluding carboxylic acids is 1. The van der Waals surface area contributed by atoms with Gasteiger partial charge in [-0.3, -0.25) is 4.79 Å². The molecular formula is C34H53NO6. The number of rotatable bonds is 3. The van der Waals surface area contributed by atoms with Gasteiger partial charge in [0.1, 0.15) is 6.10 Å². The van der Waals surface area contributed by atoms with Gasteiger partial charge < -0.3 is 24.4 Å². The summed E-state index contributed by atoms with van der Waals surface area (Å²) in [5.74, 6) is 2.83. The summed E-state index contributed by atoms with van der Waals surface area (Å²) in [5, 5.41) is 22.2. The standard InChI is InChI=1S/C34H53NO6/c1-17-16-22(27(30(7,8)38)40-20(4)36)41-34-26(17)31(9)14-15-32-18(2)33(32)13-12-24(37)29(5,6)23(33)11-10-21(32)25(31)28(34)39-19(3)35-34/h17-18,21-28,37-38H,10-16H2,1-9H3/t17-,18+,21+,22-,23?,24+,25?,26-,27+,28?,31+,32+,33?,34?/m1/s1. The molecule has 14 atom stereocenters. The maximum atomic E-state index is 12.1. The van der Waals surface area contributed by atoms with Gasteiger partial charge in [-0.1, -0.05) is 34.6 Å². The molecule has 0 amide bonds. The molecule has 1 saturated heterocycles. The van der Waals surface area contributed by atoms with Gasteiger partial charge in [-0.15, -0.1) is 0 Å². The summed E-state index contributed by atoms with van der Waals surface area (Å²) in [4.78, 5) is 17.4. The van der Waals surface area contributed by atoms with Crippen LogP contribution in [-0.4, -0.2) is 57.8 Å². The van der Waals surface area contributed by atoms with Crippen molar-refractivity contribution in [2.45, 2.75) is 143 Å². The minimum Gasteiger partial charge on any atom is -0.472 e. The second kappa shape index (κ2) is 8.29. The van der Waals surface area contributed by atoms with E-state index in [1.807, 2.05) is 6.92 Å². The lowest BCUT2D eigenvalue weighted by Gasteiger charge is -2.59. The van der Waals surface area contributed by atoms with Crippen molar-refractivity contribution in [1.82, 2.24) is 0 Å². The highest BCUT2D eigenvalue weighted by atomic mass is 16.6. The second-order valence-corrected chi connectivity index (χ2v) is 16.9. The summed E-state index contributed by atoms with van der Waals surface area (Å²) in [7, 11) is 0. The number of aliphatic hydroxyl groups is 2. The van der Waals surface area contributed by atoms with Gasteiger partial charge in [-0.25, -0.2) is 4.99 Å². The predicted molar refractivity (Wildman–Crippen MR) is 155 cm³/mol. The number of aliphatic hydroxyl groups excluding tert-OH is 1. The average Bonchev–Trinajstić information content (AvgIpc) is 3.09. The summed E-state index contributed by atoms with van der Waals surface area (Å²) < 4.78 is 19.7. The molecule has 230 valence electrons. The van der Waals surface area contributed by atoms with Crippen LogP contribution in [0.5, 0.6) is 0 Å². The molecule has 0 aromatic carbocycles. The van der Waals surface area contributed by atoms with Crippen molar-refractivity contribution in [2.75, 3.05) is 0 Å². The number of esters is 1. The molecule has 0 aromatic heterocycles. The topological polar surface area (TPSA) is 97.6 Å². The molecule has 0 radical (unpaired) electrons. The van der Waals surface area contributed by atoms with Crippen LogP contribution < -0.4 is 0 Å². The Morgan fingerprint density at radius 3 is 2.46 bits per heavy atom. The Morgan fingerprint density at radius 1 is 1.10 bits per heavy atom. The van der Waals surface area contributed by atoms with Gasteiger partial charge in [-0.05, 0) is 104 Å². The third kappa shape index (κ3) is 3.22. The average molecular weight is 572 g/mol. The van der Waals surface area contributed by atoms with E-state index >= 15 is 0 Å².